The molecule has 90 valence electrons. The van der Waals surface area contributed by atoms with Crippen molar-refractivity contribution < 1.29 is 4.39 Å². The molecule has 1 aromatic heterocycles. The molecule has 0 aliphatic heterocycles. The Hall–Kier alpha value is -2.36. The molecule has 0 unspecified atom stereocenters. The van der Waals surface area contributed by atoms with Gasteiger partial charge in [0.25, 0.3) is 0 Å². The van der Waals surface area contributed by atoms with Gasteiger partial charge in [0.1, 0.15) is 5.82 Å². The minimum Gasteiger partial charge on any atom is -0.369 e. The van der Waals surface area contributed by atoms with Gasteiger partial charge in [-0.05, 0) is 35.7 Å². The van der Waals surface area contributed by atoms with Crippen LogP contribution >= 0.6 is 0 Å². The van der Waals surface area contributed by atoms with E-state index >= 15 is 0 Å². The third kappa shape index (κ3) is 1.93. The lowest BCUT2D eigenvalue weighted by Crippen LogP contribution is -1.90. The van der Waals surface area contributed by atoms with Crippen molar-refractivity contribution in [3.05, 3.63) is 59.4 Å². The molecule has 0 saturated heterocycles. The molecule has 0 bridgehead atoms. The maximum Gasteiger partial charge on any atom is 0.198 e. The van der Waals surface area contributed by atoms with Crippen molar-refractivity contribution in [1.82, 2.24) is 9.97 Å². The van der Waals surface area contributed by atoms with Crippen LogP contribution in [0.5, 0.6) is 0 Å². The van der Waals surface area contributed by atoms with Gasteiger partial charge in [-0.2, -0.15) is 0 Å². The van der Waals surface area contributed by atoms with Crippen molar-refractivity contribution >= 4 is 17.0 Å². The summed E-state index contributed by atoms with van der Waals surface area (Å²) in [4.78, 5) is 7.28. The second kappa shape index (κ2) is 4.14. The van der Waals surface area contributed by atoms with E-state index in [0.717, 1.165) is 22.2 Å². The molecule has 0 aliphatic carbocycles. The Kier molecular flexibility index (Phi) is 2.48. The van der Waals surface area contributed by atoms with Gasteiger partial charge in [-0.3, -0.25) is 0 Å². The quantitative estimate of drug-likeness (QED) is 0.724. The lowest BCUT2D eigenvalue weighted by atomic mass is 10.0. The molecule has 0 aliphatic rings. The summed E-state index contributed by atoms with van der Waals surface area (Å²) in [5.74, 6) is 0.192. The number of H-pyrrole nitrogens is 1. The average molecular weight is 241 g/mol. The molecule has 3 N–H and O–H groups in total. The zero-order valence-corrected chi connectivity index (χ0v) is 9.65. The highest BCUT2D eigenvalue weighted by Gasteiger charge is 2.06. The Bertz CT molecular complexity index is 686. The van der Waals surface area contributed by atoms with E-state index in [9.17, 15) is 4.39 Å². The summed E-state index contributed by atoms with van der Waals surface area (Å²) in [5, 5.41) is 0. The second-order valence-electron chi connectivity index (χ2n) is 4.24. The van der Waals surface area contributed by atoms with E-state index in [1.807, 2.05) is 18.2 Å². The van der Waals surface area contributed by atoms with E-state index in [1.165, 1.54) is 12.1 Å². The fourth-order valence-electron chi connectivity index (χ4n) is 2.08. The van der Waals surface area contributed by atoms with E-state index < -0.39 is 0 Å². The molecule has 3 nitrogen and oxygen atoms in total. The molecule has 0 saturated carbocycles. The fraction of sp³-hybridized carbons (Fsp3) is 0.0714. The van der Waals surface area contributed by atoms with Gasteiger partial charge in [0.15, 0.2) is 5.95 Å². The molecule has 3 aromatic rings. The molecule has 3 rings (SSSR count). The van der Waals surface area contributed by atoms with Gasteiger partial charge in [-0.25, -0.2) is 9.37 Å². The number of nitrogen functional groups attached to an aromatic ring is 1. The Balaban J connectivity index is 2.01. The normalized spacial score (nSPS) is 10.9. The molecule has 0 atom stereocenters. The Morgan fingerprint density at radius 1 is 1.11 bits per heavy atom. The number of nitrogens with two attached hydrogens (primary N) is 1. The van der Waals surface area contributed by atoms with Crippen LogP contribution in [0, 0.1) is 5.82 Å². The van der Waals surface area contributed by atoms with E-state index in [-0.39, 0.29) is 5.82 Å². The second-order valence-corrected chi connectivity index (χ2v) is 4.24. The number of anilines is 1. The number of benzene rings is 2. The first-order chi connectivity index (χ1) is 8.72. The summed E-state index contributed by atoms with van der Waals surface area (Å²) in [6.07, 6.45) is 0.710. The molecule has 0 radical (unpaired) electrons. The number of aromatic amines is 1. The molecule has 0 fully saturated rings. The van der Waals surface area contributed by atoms with E-state index in [2.05, 4.69) is 9.97 Å². The van der Waals surface area contributed by atoms with Crippen LogP contribution in [-0.2, 0) is 6.42 Å². The summed E-state index contributed by atoms with van der Waals surface area (Å²) >= 11 is 0. The highest BCUT2D eigenvalue weighted by Crippen LogP contribution is 2.20. The maximum atomic E-state index is 12.8. The van der Waals surface area contributed by atoms with Crippen LogP contribution in [0.3, 0.4) is 0 Å². The Morgan fingerprint density at radius 2 is 1.89 bits per heavy atom. The van der Waals surface area contributed by atoms with Crippen molar-refractivity contribution in [3.63, 3.8) is 0 Å². The first-order valence-electron chi connectivity index (χ1n) is 5.70. The predicted molar refractivity (Wildman–Crippen MR) is 69.7 cm³/mol. The Morgan fingerprint density at radius 3 is 2.67 bits per heavy atom. The predicted octanol–water partition coefficient (Wildman–Crippen LogP) is 2.88. The number of halogens is 1. The number of hydrogen-bond donors (Lipinski definition) is 2. The minimum atomic E-state index is -0.221. The zero-order valence-electron chi connectivity index (χ0n) is 9.65. The highest BCUT2D eigenvalue weighted by molar-refractivity contribution is 5.80. The van der Waals surface area contributed by atoms with E-state index in [1.54, 1.807) is 12.1 Å². The largest absolute Gasteiger partial charge is 0.369 e. The van der Waals surface area contributed by atoms with Crippen LogP contribution in [0.15, 0.2) is 42.5 Å². The van der Waals surface area contributed by atoms with Gasteiger partial charge in [0.05, 0.1) is 11.0 Å². The summed E-state index contributed by atoms with van der Waals surface area (Å²) in [7, 11) is 0. The fourth-order valence-corrected chi connectivity index (χ4v) is 2.08. The lowest BCUT2D eigenvalue weighted by Gasteiger charge is -2.02. The standard InChI is InChI=1S/C14H12FN3/c15-11-6-4-9(5-7-11)8-10-2-1-3-12-13(10)18-14(16)17-12/h1-7H,8H2,(H3,16,17,18). The summed E-state index contributed by atoms with van der Waals surface area (Å²) < 4.78 is 12.8. The number of para-hydroxylation sites is 1. The van der Waals surface area contributed by atoms with Gasteiger partial charge in [-0.15, -0.1) is 0 Å². The molecule has 1 heterocycles. The SMILES string of the molecule is Nc1nc2c(Cc3ccc(F)cc3)cccc2[nH]1. The maximum absolute atomic E-state index is 12.8. The molecule has 4 heteroatoms. The third-order valence-corrected chi connectivity index (χ3v) is 2.92. The van der Waals surface area contributed by atoms with Crippen LogP contribution < -0.4 is 5.73 Å². The van der Waals surface area contributed by atoms with Crippen LogP contribution in [0.2, 0.25) is 0 Å². The van der Waals surface area contributed by atoms with E-state index in [4.69, 9.17) is 5.73 Å². The van der Waals surface area contributed by atoms with Crippen molar-refractivity contribution in [3.8, 4) is 0 Å². The number of imidazole rings is 1. The highest BCUT2D eigenvalue weighted by atomic mass is 19.1. The number of rotatable bonds is 2. The minimum absolute atomic E-state index is 0.221. The van der Waals surface area contributed by atoms with Gasteiger partial charge < -0.3 is 10.7 Å². The number of nitrogens with one attached hydrogen (secondary N) is 1. The van der Waals surface area contributed by atoms with Crippen LogP contribution in [-0.4, -0.2) is 9.97 Å². The molecular weight excluding hydrogens is 229 g/mol. The summed E-state index contributed by atoms with van der Waals surface area (Å²) in [5.41, 5.74) is 9.58. The molecule has 2 aromatic carbocycles. The van der Waals surface area contributed by atoms with Gasteiger partial charge >= 0.3 is 0 Å². The molecule has 0 spiro atoms. The summed E-state index contributed by atoms with van der Waals surface area (Å²) in [6, 6.07) is 12.4. The zero-order chi connectivity index (χ0) is 12.5. The van der Waals surface area contributed by atoms with Crippen molar-refractivity contribution in [2.24, 2.45) is 0 Å². The number of fused-ring (bicyclic) bond motifs is 1. The van der Waals surface area contributed by atoms with Crippen LogP contribution in [0.4, 0.5) is 10.3 Å². The average Bonchev–Trinajstić information content (AvgIpc) is 2.73. The first kappa shape index (κ1) is 10.8. The smallest absolute Gasteiger partial charge is 0.198 e. The van der Waals surface area contributed by atoms with Crippen molar-refractivity contribution in [2.75, 3.05) is 5.73 Å². The van der Waals surface area contributed by atoms with Gasteiger partial charge in [0, 0.05) is 0 Å². The number of nitrogens with zero attached hydrogens (tertiary/aromatic N) is 1. The lowest BCUT2D eigenvalue weighted by molar-refractivity contribution is 0.627. The third-order valence-electron chi connectivity index (χ3n) is 2.92. The topological polar surface area (TPSA) is 54.7 Å². The van der Waals surface area contributed by atoms with Gasteiger partial charge in [0.2, 0.25) is 0 Å². The summed E-state index contributed by atoms with van der Waals surface area (Å²) in [6.45, 7) is 0. The first-order valence-corrected chi connectivity index (χ1v) is 5.70. The van der Waals surface area contributed by atoms with Crippen molar-refractivity contribution in [2.45, 2.75) is 6.42 Å². The number of hydrogen-bond acceptors (Lipinski definition) is 2. The number of aromatic nitrogens is 2. The van der Waals surface area contributed by atoms with Crippen molar-refractivity contribution in [1.29, 1.82) is 0 Å². The molecule has 18 heavy (non-hydrogen) atoms. The van der Waals surface area contributed by atoms with E-state index in [0.29, 0.717) is 12.4 Å². The van der Waals surface area contributed by atoms with Gasteiger partial charge in [-0.1, -0.05) is 24.3 Å². The molecular formula is C14H12FN3. The van der Waals surface area contributed by atoms with Crippen LogP contribution in [0.1, 0.15) is 11.1 Å². The Labute approximate surface area is 103 Å². The van der Waals surface area contributed by atoms with Crippen LogP contribution in [0.25, 0.3) is 11.0 Å². The molecule has 0 amide bonds. The monoisotopic (exact) mass is 241 g/mol.